The molecule has 2 amide bonds. The van der Waals surface area contributed by atoms with Gasteiger partial charge < -0.3 is 20.1 Å². The fourth-order valence-corrected chi connectivity index (χ4v) is 2.45. The third kappa shape index (κ3) is 13.0. The minimum Gasteiger partial charge on any atom is -0.467 e. The van der Waals surface area contributed by atoms with Crippen molar-refractivity contribution in [1.29, 1.82) is 0 Å². The zero-order valence-corrected chi connectivity index (χ0v) is 18.8. The van der Waals surface area contributed by atoms with Gasteiger partial charge in [0.2, 0.25) is 5.91 Å². The van der Waals surface area contributed by atoms with Gasteiger partial charge in [0.05, 0.1) is 7.11 Å². The molecule has 0 saturated heterocycles. The van der Waals surface area contributed by atoms with Crippen LogP contribution in [-0.4, -0.2) is 46.6 Å². The van der Waals surface area contributed by atoms with Gasteiger partial charge in [-0.2, -0.15) is 0 Å². The van der Waals surface area contributed by atoms with E-state index in [1.807, 2.05) is 13.8 Å². The lowest BCUT2D eigenvalue weighted by molar-refractivity contribution is -0.145. The van der Waals surface area contributed by atoms with Gasteiger partial charge in [-0.3, -0.25) is 4.79 Å². The molecule has 0 rings (SSSR count). The topological polar surface area (TPSA) is 93.7 Å². The molecule has 0 aromatic heterocycles. The summed E-state index contributed by atoms with van der Waals surface area (Å²) in [5, 5.41) is 5.09. The summed E-state index contributed by atoms with van der Waals surface area (Å²) in [4.78, 5) is 36.6. The monoisotopic (exact) mass is 446 g/mol. The van der Waals surface area contributed by atoms with Crippen molar-refractivity contribution in [1.82, 2.24) is 10.6 Å². The Bertz CT molecular complexity index is 516. The summed E-state index contributed by atoms with van der Waals surface area (Å²) in [6, 6.07) is -1.90. The van der Waals surface area contributed by atoms with Crippen molar-refractivity contribution in [3.8, 4) is 0 Å². The first-order valence-electron chi connectivity index (χ1n) is 8.59. The van der Waals surface area contributed by atoms with E-state index in [-0.39, 0.29) is 18.8 Å². The molecule has 0 heterocycles. The maximum Gasteiger partial charge on any atom is 0.408 e. The molecule has 0 aliphatic carbocycles. The van der Waals surface area contributed by atoms with Crippen LogP contribution in [0.25, 0.3) is 0 Å². The minimum atomic E-state index is -1.57. The number of esters is 1. The van der Waals surface area contributed by atoms with Crippen LogP contribution in [0.2, 0.25) is 0 Å². The van der Waals surface area contributed by atoms with E-state index in [2.05, 4.69) is 10.6 Å². The average molecular weight is 448 g/mol. The molecule has 0 bridgehead atoms. The summed E-state index contributed by atoms with van der Waals surface area (Å²) < 4.78 is 8.32. The molecule has 2 N–H and O–H groups in total. The van der Waals surface area contributed by atoms with Gasteiger partial charge >= 0.3 is 12.1 Å². The molecule has 0 unspecified atom stereocenters. The summed E-state index contributed by atoms with van der Waals surface area (Å²) in [5.74, 6) is -1.11. The number of amides is 2. The molecule has 0 saturated carbocycles. The number of carbonyl (C=O) groups excluding carboxylic acids is 3. The third-order valence-corrected chi connectivity index (χ3v) is 3.80. The van der Waals surface area contributed by atoms with Crippen LogP contribution in [0.15, 0.2) is 0 Å². The number of methoxy groups -OCH3 is 1. The second-order valence-corrected chi connectivity index (χ2v) is 10.1. The molecule has 10 heteroatoms. The van der Waals surface area contributed by atoms with Crippen molar-refractivity contribution < 1.29 is 23.9 Å². The molecular formula is C17H29Cl3N2O5. The quantitative estimate of drug-likeness (QED) is 0.437. The summed E-state index contributed by atoms with van der Waals surface area (Å²) in [6.07, 6.45) is -0.273. The molecule has 0 aliphatic rings. The van der Waals surface area contributed by atoms with E-state index in [9.17, 15) is 14.4 Å². The van der Waals surface area contributed by atoms with E-state index in [1.54, 1.807) is 20.8 Å². The second kappa shape index (κ2) is 11.2. The fourth-order valence-electron chi connectivity index (χ4n) is 2.12. The first-order chi connectivity index (χ1) is 12.1. The zero-order valence-electron chi connectivity index (χ0n) is 16.5. The molecule has 0 spiro atoms. The van der Waals surface area contributed by atoms with Crippen LogP contribution in [0.3, 0.4) is 0 Å². The Balaban J connectivity index is 5.14. The van der Waals surface area contributed by atoms with Gasteiger partial charge in [0.1, 0.15) is 17.7 Å². The summed E-state index contributed by atoms with van der Waals surface area (Å²) in [6.45, 7) is 8.95. The molecule has 2 atom stereocenters. The smallest absolute Gasteiger partial charge is 0.408 e. The average Bonchev–Trinajstić information content (AvgIpc) is 2.46. The SMILES string of the molecule is COC(=O)[C@H](CCC(Cl)(Cl)Cl)NC(=O)[C@@H](CC(C)C)NC(=O)OC(C)(C)C. The maximum absolute atomic E-state index is 12.6. The normalized spacial score (nSPS) is 14.3. The van der Waals surface area contributed by atoms with Gasteiger partial charge in [0.25, 0.3) is 0 Å². The lowest BCUT2D eigenvalue weighted by atomic mass is 10.0. The third-order valence-electron chi connectivity index (χ3n) is 3.23. The highest BCUT2D eigenvalue weighted by Gasteiger charge is 2.31. The molecule has 0 aliphatic heterocycles. The first kappa shape index (κ1) is 26.1. The van der Waals surface area contributed by atoms with E-state index in [0.717, 1.165) is 0 Å². The largest absolute Gasteiger partial charge is 0.467 e. The van der Waals surface area contributed by atoms with E-state index < -0.39 is 39.4 Å². The van der Waals surface area contributed by atoms with Gasteiger partial charge in [-0.1, -0.05) is 48.7 Å². The Morgan fingerprint density at radius 1 is 1.00 bits per heavy atom. The zero-order chi connectivity index (χ0) is 21.4. The van der Waals surface area contributed by atoms with Crippen LogP contribution in [0, 0.1) is 5.92 Å². The molecule has 158 valence electrons. The molecule has 0 aromatic rings. The fraction of sp³-hybridized carbons (Fsp3) is 0.824. The standard InChI is InChI=1S/C17H29Cl3N2O5/c1-10(2)9-12(22-15(25)27-16(3,4)5)13(23)21-11(14(24)26-6)7-8-17(18,19)20/h10-12H,7-9H2,1-6H3,(H,21,23)(H,22,25)/t11-,12+/m0/s1. The number of ether oxygens (including phenoxy) is 2. The predicted molar refractivity (Wildman–Crippen MR) is 106 cm³/mol. The number of hydrogen-bond acceptors (Lipinski definition) is 5. The number of rotatable bonds is 8. The summed E-state index contributed by atoms with van der Waals surface area (Å²) in [5.41, 5.74) is -0.706. The summed E-state index contributed by atoms with van der Waals surface area (Å²) >= 11 is 17.1. The van der Waals surface area contributed by atoms with Gasteiger partial charge in [-0.25, -0.2) is 9.59 Å². The van der Waals surface area contributed by atoms with Gasteiger partial charge in [0, 0.05) is 0 Å². The molecular weight excluding hydrogens is 419 g/mol. The van der Waals surface area contributed by atoms with Crippen LogP contribution in [-0.2, 0) is 19.1 Å². The van der Waals surface area contributed by atoms with Crippen molar-refractivity contribution in [2.24, 2.45) is 5.92 Å². The Labute approximate surface area is 175 Å². The van der Waals surface area contributed by atoms with Crippen LogP contribution in [0.1, 0.15) is 53.9 Å². The molecule has 0 aromatic carbocycles. The van der Waals surface area contributed by atoms with Crippen LogP contribution in [0.5, 0.6) is 0 Å². The second-order valence-electron chi connectivity index (χ2n) is 7.57. The lowest BCUT2D eigenvalue weighted by Crippen LogP contribution is -2.53. The van der Waals surface area contributed by atoms with E-state index >= 15 is 0 Å². The van der Waals surface area contributed by atoms with Gasteiger partial charge in [-0.05, 0) is 46.0 Å². The minimum absolute atomic E-state index is 0.0338. The van der Waals surface area contributed by atoms with Crippen LogP contribution >= 0.6 is 34.8 Å². The molecule has 0 fully saturated rings. The molecule has 27 heavy (non-hydrogen) atoms. The maximum atomic E-state index is 12.6. The highest BCUT2D eigenvalue weighted by molar-refractivity contribution is 6.67. The van der Waals surface area contributed by atoms with Crippen LogP contribution < -0.4 is 10.6 Å². The van der Waals surface area contributed by atoms with Crippen molar-refractivity contribution >= 4 is 52.8 Å². The van der Waals surface area contributed by atoms with E-state index in [1.165, 1.54) is 7.11 Å². The predicted octanol–water partition coefficient (Wildman–Crippen LogP) is 3.73. The molecule has 0 radical (unpaired) electrons. The van der Waals surface area contributed by atoms with Crippen molar-refractivity contribution in [3.63, 3.8) is 0 Å². The number of alkyl halides is 3. The number of nitrogens with one attached hydrogen (secondary N) is 2. The Morgan fingerprint density at radius 2 is 1.56 bits per heavy atom. The van der Waals surface area contributed by atoms with Crippen molar-refractivity contribution in [2.75, 3.05) is 7.11 Å². The summed E-state index contributed by atoms with van der Waals surface area (Å²) in [7, 11) is 1.20. The Hall–Kier alpha value is -0.920. The highest BCUT2D eigenvalue weighted by atomic mass is 35.6. The number of alkyl carbamates (subject to hydrolysis) is 1. The number of carbonyl (C=O) groups is 3. The van der Waals surface area contributed by atoms with Crippen LogP contribution in [0.4, 0.5) is 4.79 Å². The lowest BCUT2D eigenvalue weighted by Gasteiger charge is -2.26. The Morgan fingerprint density at radius 3 is 1.96 bits per heavy atom. The van der Waals surface area contributed by atoms with Crippen molar-refractivity contribution in [3.05, 3.63) is 0 Å². The highest BCUT2D eigenvalue weighted by Crippen LogP contribution is 2.31. The number of halogens is 3. The van der Waals surface area contributed by atoms with Gasteiger partial charge in [-0.15, -0.1) is 0 Å². The van der Waals surface area contributed by atoms with E-state index in [4.69, 9.17) is 44.3 Å². The Kier molecular flexibility index (Phi) is 10.8. The van der Waals surface area contributed by atoms with Gasteiger partial charge in [0.15, 0.2) is 3.79 Å². The van der Waals surface area contributed by atoms with E-state index in [0.29, 0.717) is 6.42 Å². The first-order valence-corrected chi connectivity index (χ1v) is 9.72. The molecule has 7 nitrogen and oxygen atoms in total. The van der Waals surface area contributed by atoms with Crippen molar-refractivity contribution in [2.45, 2.75) is 75.4 Å². The number of hydrogen-bond donors (Lipinski definition) is 2.